The van der Waals surface area contributed by atoms with Crippen molar-refractivity contribution in [2.75, 3.05) is 31.3 Å². The number of halogens is 2. The number of pyridine rings is 1. The fraction of sp³-hybridized carbons (Fsp3) is 0.167. The van der Waals surface area contributed by atoms with Crippen molar-refractivity contribution in [1.29, 1.82) is 0 Å². The maximum atomic E-state index is 13.0. The molecule has 0 radical (unpaired) electrons. The van der Waals surface area contributed by atoms with Gasteiger partial charge in [-0.2, -0.15) is 0 Å². The molecule has 0 spiro atoms. The molecule has 0 atom stereocenters. The third-order valence-electron chi connectivity index (χ3n) is 3.97. The van der Waals surface area contributed by atoms with Gasteiger partial charge in [0.2, 0.25) is 0 Å². The molecule has 0 saturated carbocycles. The highest BCUT2D eigenvalue weighted by Crippen LogP contribution is 2.31. The normalized spacial score (nSPS) is 10.8. The number of aromatic nitrogens is 2. The topological polar surface area (TPSA) is 111 Å². The molecular formula is C18H17Cl2N5O3. The van der Waals surface area contributed by atoms with Crippen LogP contribution in [-0.4, -0.2) is 41.8 Å². The van der Waals surface area contributed by atoms with Crippen molar-refractivity contribution in [3.63, 3.8) is 0 Å². The largest absolute Gasteiger partial charge is 0.383 e. The number of nitrogens with one attached hydrogen (secondary N) is 2. The summed E-state index contributed by atoms with van der Waals surface area (Å²) in [4.78, 5) is 28.8. The number of nitrogens with two attached hydrogens (primary N) is 1. The Bertz CT molecular complexity index is 1030. The molecule has 0 aliphatic heterocycles. The standard InChI is InChI=1S/C18H17Cl2N5O3/c1-28-7-5-23-18(27)24-10-8-12(19)15(13(20)9-10)17(26)25-6-3-11-14(25)2-4-22-16(11)21/h2-4,6,8-9H,5,7H2,1H3,(H2,21,22)(H2,23,24,27). The molecule has 0 saturated heterocycles. The summed E-state index contributed by atoms with van der Waals surface area (Å²) in [6, 6.07) is 5.84. The average molecular weight is 422 g/mol. The van der Waals surface area contributed by atoms with Crippen molar-refractivity contribution in [1.82, 2.24) is 14.9 Å². The Balaban J connectivity index is 1.87. The Hall–Kier alpha value is -2.81. The van der Waals surface area contributed by atoms with E-state index in [9.17, 15) is 9.59 Å². The molecular weight excluding hydrogens is 405 g/mol. The number of nitrogens with zero attached hydrogens (tertiary/aromatic N) is 2. The first-order chi connectivity index (χ1) is 13.4. The van der Waals surface area contributed by atoms with E-state index in [0.717, 1.165) is 0 Å². The smallest absolute Gasteiger partial charge is 0.319 e. The summed E-state index contributed by atoms with van der Waals surface area (Å²) in [6.07, 6.45) is 3.09. The number of carbonyl (C=O) groups excluding carboxylic acids is 2. The van der Waals surface area contributed by atoms with Gasteiger partial charge in [0.15, 0.2) is 0 Å². The minimum Gasteiger partial charge on any atom is -0.383 e. The molecule has 2 aromatic heterocycles. The highest BCUT2D eigenvalue weighted by molar-refractivity contribution is 6.40. The molecule has 3 rings (SSSR count). The Morgan fingerprint density at radius 3 is 2.64 bits per heavy atom. The zero-order valence-corrected chi connectivity index (χ0v) is 16.3. The quantitative estimate of drug-likeness (QED) is 0.546. The summed E-state index contributed by atoms with van der Waals surface area (Å²) in [5, 5.41) is 6.07. The first kappa shape index (κ1) is 19.9. The van der Waals surface area contributed by atoms with Crippen LogP contribution in [0.25, 0.3) is 10.9 Å². The number of amides is 2. The van der Waals surface area contributed by atoms with Crippen LogP contribution in [0.3, 0.4) is 0 Å². The van der Waals surface area contributed by atoms with E-state index in [1.54, 1.807) is 18.3 Å². The molecule has 0 aliphatic carbocycles. The second-order valence-corrected chi connectivity index (χ2v) is 6.62. The number of carbonyl (C=O) groups is 2. The molecule has 3 aromatic rings. The SMILES string of the molecule is COCCNC(=O)Nc1cc(Cl)c(C(=O)n2ccc3c(N)nccc32)c(Cl)c1. The molecule has 28 heavy (non-hydrogen) atoms. The number of nitrogen functional groups attached to an aromatic ring is 1. The maximum absolute atomic E-state index is 13.0. The Kier molecular flexibility index (Phi) is 6.03. The molecule has 0 unspecified atom stereocenters. The molecule has 0 bridgehead atoms. The van der Waals surface area contributed by atoms with Gasteiger partial charge in [0.05, 0.1) is 27.7 Å². The lowest BCUT2D eigenvalue weighted by atomic mass is 10.2. The number of benzene rings is 1. The van der Waals surface area contributed by atoms with Gasteiger partial charge in [-0.05, 0) is 24.3 Å². The molecule has 2 amide bonds. The van der Waals surface area contributed by atoms with Gasteiger partial charge in [0.25, 0.3) is 5.91 Å². The van der Waals surface area contributed by atoms with E-state index in [4.69, 9.17) is 33.7 Å². The number of methoxy groups -OCH3 is 1. The van der Waals surface area contributed by atoms with Crippen molar-refractivity contribution in [3.05, 3.63) is 52.3 Å². The fourth-order valence-corrected chi connectivity index (χ4v) is 3.33. The number of anilines is 2. The Labute approximate surface area is 170 Å². The van der Waals surface area contributed by atoms with Gasteiger partial charge in [0.1, 0.15) is 5.82 Å². The molecule has 4 N–H and O–H groups in total. The van der Waals surface area contributed by atoms with E-state index >= 15 is 0 Å². The van der Waals surface area contributed by atoms with Crippen LogP contribution in [0.15, 0.2) is 36.7 Å². The van der Waals surface area contributed by atoms with E-state index in [-0.39, 0.29) is 15.6 Å². The summed E-state index contributed by atoms with van der Waals surface area (Å²) in [6.45, 7) is 0.728. The average Bonchev–Trinajstić information content (AvgIpc) is 3.06. The van der Waals surface area contributed by atoms with Gasteiger partial charge in [-0.1, -0.05) is 23.2 Å². The molecule has 0 fully saturated rings. The van der Waals surface area contributed by atoms with E-state index in [0.29, 0.717) is 35.6 Å². The van der Waals surface area contributed by atoms with Crippen LogP contribution in [0.1, 0.15) is 10.4 Å². The van der Waals surface area contributed by atoms with Gasteiger partial charge < -0.3 is 21.1 Å². The summed E-state index contributed by atoms with van der Waals surface area (Å²) in [5.41, 5.74) is 6.89. The summed E-state index contributed by atoms with van der Waals surface area (Å²) in [5.74, 6) is -0.105. The first-order valence-corrected chi connectivity index (χ1v) is 8.97. The van der Waals surface area contributed by atoms with Crippen LogP contribution < -0.4 is 16.4 Å². The van der Waals surface area contributed by atoms with Crippen LogP contribution in [0, 0.1) is 0 Å². The number of rotatable bonds is 5. The van der Waals surface area contributed by atoms with E-state index in [1.807, 2.05) is 0 Å². The molecule has 1 aromatic carbocycles. The number of fused-ring (bicyclic) bond motifs is 1. The lowest BCUT2D eigenvalue weighted by Crippen LogP contribution is -2.31. The predicted molar refractivity (Wildman–Crippen MR) is 109 cm³/mol. The first-order valence-electron chi connectivity index (χ1n) is 8.21. The lowest BCUT2D eigenvalue weighted by molar-refractivity contribution is 0.0965. The van der Waals surface area contributed by atoms with Crippen molar-refractivity contribution < 1.29 is 14.3 Å². The van der Waals surface area contributed by atoms with E-state index < -0.39 is 11.9 Å². The van der Waals surface area contributed by atoms with Gasteiger partial charge >= 0.3 is 6.03 Å². The molecule has 2 heterocycles. The monoisotopic (exact) mass is 421 g/mol. The van der Waals surface area contributed by atoms with Crippen molar-refractivity contribution in [2.45, 2.75) is 0 Å². The van der Waals surface area contributed by atoms with E-state index in [1.165, 1.54) is 30.0 Å². The van der Waals surface area contributed by atoms with Crippen molar-refractivity contribution in [2.24, 2.45) is 0 Å². The number of hydrogen-bond acceptors (Lipinski definition) is 5. The van der Waals surface area contributed by atoms with Gasteiger partial charge in [0, 0.05) is 37.1 Å². The van der Waals surface area contributed by atoms with Gasteiger partial charge in [-0.15, -0.1) is 0 Å². The zero-order valence-electron chi connectivity index (χ0n) is 14.8. The van der Waals surface area contributed by atoms with Crippen LogP contribution in [0.2, 0.25) is 10.0 Å². The summed E-state index contributed by atoms with van der Waals surface area (Å²) in [7, 11) is 1.54. The van der Waals surface area contributed by atoms with Crippen LogP contribution >= 0.6 is 23.2 Å². The summed E-state index contributed by atoms with van der Waals surface area (Å²) >= 11 is 12.6. The predicted octanol–water partition coefficient (Wildman–Crippen LogP) is 3.38. The Morgan fingerprint density at radius 1 is 1.25 bits per heavy atom. The third kappa shape index (κ3) is 4.04. The van der Waals surface area contributed by atoms with Crippen LogP contribution in [0.4, 0.5) is 16.3 Å². The van der Waals surface area contributed by atoms with E-state index in [2.05, 4.69) is 15.6 Å². The van der Waals surface area contributed by atoms with Crippen LogP contribution in [-0.2, 0) is 4.74 Å². The Morgan fingerprint density at radius 2 is 1.96 bits per heavy atom. The highest BCUT2D eigenvalue weighted by atomic mass is 35.5. The number of urea groups is 1. The van der Waals surface area contributed by atoms with Crippen molar-refractivity contribution in [3.8, 4) is 0 Å². The van der Waals surface area contributed by atoms with Gasteiger partial charge in [-0.3, -0.25) is 9.36 Å². The number of ether oxygens (including phenoxy) is 1. The second kappa shape index (κ2) is 8.47. The van der Waals surface area contributed by atoms with Gasteiger partial charge in [-0.25, -0.2) is 9.78 Å². The number of hydrogen-bond donors (Lipinski definition) is 3. The molecule has 0 aliphatic rings. The fourth-order valence-electron chi connectivity index (χ4n) is 2.68. The zero-order chi connectivity index (χ0) is 20.3. The third-order valence-corrected chi connectivity index (χ3v) is 4.57. The minimum atomic E-state index is -0.442. The maximum Gasteiger partial charge on any atom is 0.319 e. The summed E-state index contributed by atoms with van der Waals surface area (Å²) < 4.78 is 6.25. The van der Waals surface area contributed by atoms with Crippen molar-refractivity contribution >= 4 is 57.5 Å². The highest BCUT2D eigenvalue weighted by Gasteiger charge is 2.20. The van der Waals surface area contributed by atoms with Crippen LogP contribution in [0.5, 0.6) is 0 Å². The minimum absolute atomic E-state index is 0.105. The lowest BCUT2D eigenvalue weighted by Gasteiger charge is -2.12. The second-order valence-electron chi connectivity index (χ2n) is 5.81. The molecule has 10 heteroatoms. The molecule has 146 valence electrons. The molecule has 8 nitrogen and oxygen atoms in total.